The average Bonchev–Trinajstić information content (AvgIpc) is 2.84. The number of nitro benzene ring substituents is 1. The van der Waals surface area contributed by atoms with E-state index in [0.29, 0.717) is 6.61 Å². The summed E-state index contributed by atoms with van der Waals surface area (Å²) in [4.78, 5) is 10.8. The van der Waals surface area contributed by atoms with Gasteiger partial charge in [-0.25, -0.2) is 0 Å². The number of rotatable bonds is 2. The minimum Gasteiger partial charge on any atom is -0.488 e. The largest absolute Gasteiger partial charge is 0.488 e. The molecule has 0 atom stereocenters. The van der Waals surface area contributed by atoms with Crippen LogP contribution in [-0.4, -0.2) is 4.92 Å². The Morgan fingerprint density at radius 3 is 2.67 bits per heavy atom. The van der Waals surface area contributed by atoms with E-state index in [1.54, 1.807) is 12.1 Å². The molecule has 0 aliphatic carbocycles. The normalized spacial score (nSPS) is 14.4. The van der Waals surface area contributed by atoms with Gasteiger partial charge < -0.3 is 4.74 Å². The van der Waals surface area contributed by atoms with Gasteiger partial charge in [-0.1, -0.05) is 52.3 Å². The molecule has 1 heterocycles. The van der Waals surface area contributed by atoms with Gasteiger partial charge >= 0.3 is 0 Å². The first-order chi connectivity index (χ1) is 13.0. The van der Waals surface area contributed by atoms with Crippen LogP contribution < -0.4 is 4.74 Å². The van der Waals surface area contributed by atoms with E-state index in [1.165, 1.54) is 6.07 Å². The van der Waals surface area contributed by atoms with Gasteiger partial charge in [0.1, 0.15) is 12.4 Å². The predicted molar refractivity (Wildman–Crippen MR) is 110 cm³/mol. The second kappa shape index (κ2) is 7.00. The lowest BCUT2D eigenvalue weighted by molar-refractivity contribution is -0.384. The van der Waals surface area contributed by atoms with Crippen LogP contribution in [0.2, 0.25) is 0 Å². The number of hydrogen-bond acceptors (Lipinski definition) is 3. The van der Waals surface area contributed by atoms with Gasteiger partial charge in [-0.15, -0.1) is 0 Å². The van der Waals surface area contributed by atoms with E-state index >= 15 is 0 Å². The van der Waals surface area contributed by atoms with Crippen LogP contribution >= 0.6 is 15.9 Å². The number of para-hydroxylation sites is 1. The van der Waals surface area contributed by atoms with Crippen LogP contribution in [-0.2, 0) is 6.61 Å². The molecule has 134 valence electrons. The third kappa shape index (κ3) is 3.26. The number of non-ortho nitro benzene ring substituents is 1. The smallest absolute Gasteiger partial charge is 0.270 e. The molecule has 0 fully saturated rings. The lowest BCUT2D eigenvalue weighted by Crippen LogP contribution is -1.97. The van der Waals surface area contributed by atoms with Gasteiger partial charge in [0.15, 0.2) is 0 Å². The molecule has 0 unspecified atom stereocenters. The molecule has 3 aromatic carbocycles. The molecule has 1 aliphatic heterocycles. The van der Waals surface area contributed by atoms with Crippen molar-refractivity contribution < 1.29 is 9.66 Å². The van der Waals surface area contributed by atoms with Gasteiger partial charge in [0, 0.05) is 22.2 Å². The summed E-state index contributed by atoms with van der Waals surface area (Å²) in [5.74, 6) is 0.810. The first-order valence-electron chi connectivity index (χ1n) is 8.51. The Morgan fingerprint density at radius 2 is 1.85 bits per heavy atom. The summed E-state index contributed by atoms with van der Waals surface area (Å²) in [7, 11) is 0. The van der Waals surface area contributed by atoms with Gasteiger partial charge in [0.25, 0.3) is 5.69 Å². The van der Waals surface area contributed by atoms with Crippen molar-refractivity contribution in [3.8, 4) is 5.75 Å². The Morgan fingerprint density at radius 1 is 1.04 bits per heavy atom. The minimum atomic E-state index is -0.364. The molecular formula is C22H16BrNO3. The van der Waals surface area contributed by atoms with Crippen molar-refractivity contribution >= 4 is 32.8 Å². The quantitative estimate of drug-likeness (QED) is 0.364. The summed E-state index contributed by atoms with van der Waals surface area (Å²) in [6, 6.07) is 20.8. The van der Waals surface area contributed by atoms with Crippen molar-refractivity contribution in [2.75, 3.05) is 0 Å². The van der Waals surface area contributed by atoms with Crippen molar-refractivity contribution in [3.63, 3.8) is 0 Å². The fraction of sp³-hybridized carbons (Fsp3) is 0.0909. The minimum absolute atomic E-state index is 0.0848. The Bertz CT molecular complexity index is 1090. The molecule has 0 N–H and O–H groups in total. The van der Waals surface area contributed by atoms with Gasteiger partial charge in [-0.2, -0.15) is 0 Å². The van der Waals surface area contributed by atoms with Crippen molar-refractivity contribution in [3.05, 3.63) is 104 Å². The van der Waals surface area contributed by atoms with E-state index in [0.717, 1.165) is 43.6 Å². The van der Waals surface area contributed by atoms with Crippen molar-refractivity contribution in [2.45, 2.75) is 13.5 Å². The Hall–Kier alpha value is -2.92. The third-order valence-corrected chi connectivity index (χ3v) is 5.23. The fourth-order valence-electron chi connectivity index (χ4n) is 3.43. The topological polar surface area (TPSA) is 52.4 Å². The van der Waals surface area contributed by atoms with Gasteiger partial charge in [0.2, 0.25) is 0 Å². The summed E-state index contributed by atoms with van der Waals surface area (Å²) < 4.78 is 7.03. The number of nitro groups is 1. The maximum atomic E-state index is 11.2. The second-order valence-electron chi connectivity index (χ2n) is 6.39. The highest BCUT2D eigenvalue weighted by molar-refractivity contribution is 9.10. The highest BCUT2D eigenvalue weighted by Gasteiger charge is 2.22. The molecule has 4 rings (SSSR count). The molecule has 0 saturated carbocycles. The summed E-state index contributed by atoms with van der Waals surface area (Å²) in [6.07, 6.45) is 0. The number of benzene rings is 3. The van der Waals surface area contributed by atoms with Crippen LogP contribution in [0.25, 0.3) is 11.1 Å². The number of hydrogen-bond donors (Lipinski definition) is 0. The molecular weight excluding hydrogens is 406 g/mol. The number of fused-ring (bicyclic) bond motifs is 2. The molecule has 0 radical (unpaired) electrons. The summed E-state index contributed by atoms with van der Waals surface area (Å²) >= 11 is 3.53. The Kier molecular flexibility index (Phi) is 4.54. The van der Waals surface area contributed by atoms with E-state index < -0.39 is 0 Å². The standard InChI is InChI=1S/C22H16BrNO3/c1-14(15-5-4-6-18(12-15)24(25)26)22-19-10-9-17(23)11-16(19)13-27-21-8-3-2-7-20(21)22/h2-12H,13H2,1H3/b22-14-. The number of allylic oxidation sites excluding steroid dienone is 1. The highest BCUT2D eigenvalue weighted by atomic mass is 79.9. The molecule has 0 aromatic heterocycles. The number of ether oxygens (including phenoxy) is 1. The van der Waals surface area contributed by atoms with Crippen LogP contribution in [0.5, 0.6) is 5.75 Å². The molecule has 0 amide bonds. The predicted octanol–water partition coefficient (Wildman–Crippen LogP) is 6.23. The molecule has 0 spiro atoms. The second-order valence-corrected chi connectivity index (χ2v) is 7.31. The van der Waals surface area contributed by atoms with Crippen LogP contribution in [0.3, 0.4) is 0 Å². The molecule has 4 nitrogen and oxygen atoms in total. The zero-order valence-electron chi connectivity index (χ0n) is 14.6. The van der Waals surface area contributed by atoms with Crippen LogP contribution in [0.4, 0.5) is 5.69 Å². The lowest BCUT2D eigenvalue weighted by atomic mass is 9.88. The summed E-state index contributed by atoms with van der Waals surface area (Å²) in [5.41, 5.74) is 6.05. The maximum Gasteiger partial charge on any atom is 0.270 e. The Balaban J connectivity index is 2.02. The molecule has 5 heteroatoms. The zero-order valence-corrected chi connectivity index (χ0v) is 16.2. The average molecular weight is 422 g/mol. The van der Waals surface area contributed by atoms with E-state index in [9.17, 15) is 10.1 Å². The molecule has 3 aromatic rings. The van der Waals surface area contributed by atoms with E-state index in [1.807, 2.05) is 43.3 Å². The molecule has 0 saturated heterocycles. The molecule has 1 aliphatic rings. The van der Waals surface area contributed by atoms with E-state index in [-0.39, 0.29) is 10.6 Å². The lowest BCUT2D eigenvalue weighted by Gasteiger charge is -2.15. The summed E-state index contributed by atoms with van der Waals surface area (Å²) in [6.45, 7) is 2.47. The fourth-order valence-corrected chi connectivity index (χ4v) is 3.83. The molecule has 0 bridgehead atoms. The summed E-state index contributed by atoms with van der Waals surface area (Å²) in [5, 5.41) is 11.2. The van der Waals surface area contributed by atoms with Crippen LogP contribution in [0, 0.1) is 10.1 Å². The Labute approximate surface area is 165 Å². The molecule has 27 heavy (non-hydrogen) atoms. The highest BCUT2D eigenvalue weighted by Crippen LogP contribution is 2.41. The third-order valence-electron chi connectivity index (χ3n) is 4.74. The van der Waals surface area contributed by atoms with Crippen molar-refractivity contribution in [1.29, 1.82) is 0 Å². The number of nitrogens with zero attached hydrogens (tertiary/aromatic N) is 1. The number of halogens is 1. The van der Waals surface area contributed by atoms with Crippen molar-refractivity contribution in [1.82, 2.24) is 0 Å². The SMILES string of the molecule is C/C(=C1\c2ccc(Br)cc2COc2ccccc21)c1cccc([N+](=O)[O-])c1. The van der Waals surface area contributed by atoms with E-state index in [2.05, 4.69) is 28.1 Å². The van der Waals surface area contributed by atoms with Crippen molar-refractivity contribution in [2.24, 2.45) is 0 Å². The first kappa shape index (κ1) is 17.5. The van der Waals surface area contributed by atoms with E-state index in [4.69, 9.17) is 4.74 Å². The first-order valence-corrected chi connectivity index (χ1v) is 9.30. The van der Waals surface area contributed by atoms with Gasteiger partial charge in [-0.05, 0) is 53.0 Å². The van der Waals surface area contributed by atoms with Gasteiger partial charge in [0.05, 0.1) is 4.92 Å². The monoisotopic (exact) mass is 421 g/mol. The van der Waals surface area contributed by atoms with Crippen LogP contribution in [0.15, 0.2) is 71.2 Å². The maximum absolute atomic E-state index is 11.2. The zero-order chi connectivity index (χ0) is 19.0. The van der Waals surface area contributed by atoms with Crippen LogP contribution in [0.1, 0.15) is 29.2 Å². The van der Waals surface area contributed by atoms with Gasteiger partial charge in [-0.3, -0.25) is 10.1 Å².